The highest BCUT2D eigenvalue weighted by Gasteiger charge is 2.54. The molecule has 31 heavy (non-hydrogen) atoms. The minimum atomic E-state index is 0.488. The van der Waals surface area contributed by atoms with E-state index in [4.69, 9.17) is 4.74 Å². The number of benzene rings is 1. The standard InChI is InChI=1S/C27H44N2O2/c1-27-12-10-22-23(25(27)9-7-21(27)11-14-31-15-13-28(2)3)8-6-19-17-26(30)20(16-24(19)22)18-29(4)5/h16-17,21-23,25,30H,6-15,18H2,1-5H3. The number of hydrogen-bond donors (Lipinski definition) is 1. The van der Waals surface area contributed by atoms with Crippen LogP contribution in [0.5, 0.6) is 5.75 Å². The summed E-state index contributed by atoms with van der Waals surface area (Å²) in [5, 5.41) is 10.5. The van der Waals surface area contributed by atoms with Gasteiger partial charge < -0.3 is 19.6 Å². The maximum atomic E-state index is 10.5. The number of ether oxygens (including phenoxy) is 1. The zero-order chi connectivity index (χ0) is 22.2. The molecule has 5 unspecified atom stereocenters. The lowest BCUT2D eigenvalue weighted by Crippen LogP contribution is -2.42. The maximum absolute atomic E-state index is 10.5. The van der Waals surface area contributed by atoms with Crippen molar-refractivity contribution in [1.29, 1.82) is 0 Å². The van der Waals surface area contributed by atoms with E-state index in [9.17, 15) is 5.11 Å². The van der Waals surface area contributed by atoms with Gasteiger partial charge in [-0.05, 0) is 119 Å². The van der Waals surface area contributed by atoms with Crippen molar-refractivity contribution >= 4 is 0 Å². The molecular formula is C27H44N2O2. The summed E-state index contributed by atoms with van der Waals surface area (Å²) < 4.78 is 5.97. The van der Waals surface area contributed by atoms with E-state index in [1.54, 1.807) is 5.56 Å². The van der Waals surface area contributed by atoms with Crippen LogP contribution in [-0.2, 0) is 17.7 Å². The third-order valence-electron chi connectivity index (χ3n) is 8.90. The molecule has 1 aromatic carbocycles. The van der Waals surface area contributed by atoms with Gasteiger partial charge in [-0.3, -0.25) is 0 Å². The van der Waals surface area contributed by atoms with Crippen molar-refractivity contribution in [2.24, 2.45) is 23.2 Å². The second kappa shape index (κ2) is 9.41. The predicted octanol–water partition coefficient (Wildman–Crippen LogP) is 4.89. The van der Waals surface area contributed by atoms with Crippen LogP contribution in [0, 0.1) is 23.2 Å². The van der Waals surface area contributed by atoms with E-state index in [2.05, 4.69) is 57.0 Å². The molecule has 1 aromatic rings. The second-order valence-corrected chi connectivity index (χ2v) is 11.4. The average molecular weight is 429 g/mol. The monoisotopic (exact) mass is 428 g/mol. The number of aryl methyl sites for hydroxylation is 1. The van der Waals surface area contributed by atoms with Gasteiger partial charge in [-0.1, -0.05) is 13.0 Å². The van der Waals surface area contributed by atoms with Crippen molar-refractivity contribution in [2.75, 3.05) is 47.9 Å². The number of rotatable bonds is 8. The lowest BCUT2D eigenvalue weighted by Gasteiger charge is -2.51. The fourth-order valence-corrected chi connectivity index (χ4v) is 7.28. The molecule has 1 N–H and O–H groups in total. The Balaban J connectivity index is 1.45. The molecular weight excluding hydrogens is 384 g/mol. The Labute approximate surface area is 190 Å². The Morgan fingerprint density at radius 3 is 2.58 bits per heavy atom. The van der Waals surface area contributed by atoms with E-state index in [1.165, 1.54) is 44.1 Å². The Bertz CT molecular complexity index is 762. The molecule has 5 atom stereocenters. The molecule has 0 aliphatic heterocycles. The van der Waals surface area contributed by atoms with E-state index < -0.39 is 0 Å². The number of hydrogen-bond acceptors (Lipinski definition) is 4. The van der Waals surface area contributed by atoms with Crippen molar-refractivity contribution in [3.8, 4) is 5.75 Å². The molecule has 2 saturated carbocycles. The van der Waals surface area contributed by atoms with Crippen LogP contribution in [0.2, 0.25) is 0 Å². The molecule has 3 aliphatic rings. The van der Waals surface area contributed by atoms with Crippen molar-refractivity contribution < 1.29 is 9.84 Å². The van der Waals surface area contributed by atoms with Crippen LogP contribution in [-0.4, -0.2) is 62.9 Å². The Morgan fingerprint density at radius 1 is 1.03 bits per heavy atom. The molecule has 0 heterocycles. The van der Waals surface area contributed by atoms with Gasteiger partial charge in [0.05, 0.1) is 6.61 Å². The maximum Gasteiger partial charge on any atom is 0.120 e. The van der Waals surface area contributed by atoms with Crippen molar-refractivity contribution in [2.45, 2.75) is 64.3 Å². The summed E-state index contributed by atoms with van der Waals surface area (Å²) in [4.78, 5) is 4.35. The van der Waals surface area contributed by atoms with Gasteiger partial charge >= 0.3 is 0 Å². The summed E-state index contributed by atoms with van der Waals surface area (Å²) in [5.74, 6) is 3.68. The quantitative estimate of drug-likeness (QED) is 0.598. The van der Waals surface area contributed by atoms with Crippen molar-refractivity contribution in [3.63, 3.8) is 0 Å². The zero-order valence-electron chi connectivity index (χ0n) is 20.5. The van der Waals surface area contributed by atoms with Gasteiger partial charge in [0.15, 0.2) is 0 Å². The summed E-state index contributed by atoms with van der Waals surface area (Å²) in [6, 6.07) is 4.44. The molecule has 4 heteroatoms. The van der Waals surface area contributed by atoms with Gasteiger partial charge in [-0.2, -0.15) is 0 Å². The van der Waals surface area contributed by atoms with E-state index in [1.807, 2.05) is 0 Å². The molecule has 2 fully saturated rings. The summed E-state index contributed by atoms with van der Waals surface area (Å²) in [6.45, 7) is 6.20. The van der Waals surface area contributed by atoms with Crippen molar-refractivity contribution in [3.05, 3.63) is 28.8 Å². The number of phenolic OH excluding ortho intramolecular Hbond substituents is 1. The molecule has 0 bridgehead atoms. The molecule has 0 aromatic heterocycles. The van der Waals surface area contributed by atoms with Gasteiger partial charge in [-0.25, -0.2) is 0 Å². The first-order valence-electron chi connectivity index (χ1n) is 12.5. The van der Waals surface area contributed by atoms with E-state index >= 15 is 0 Å². The topological polar surface area (TPSA) is 35.9 Å². The molecule has 3 aliphatic carbocycles. The van der Waals surface area contributed by atoms with Crippen LogP contribution in [0.15, 0.2) is 12.1 Å². The Kier molecular flexibility index (Phi) is 7.00. The highest BCUT2D eigenvalue weighted by molar-refractivity contribution is 5.45. The highest BCUT2D eigenvalue weighted by Crippen LogP contribution is 2.63. The lowest BCUT2D eigenvalue weighted by molar-refractivity contribution is 0.0132. The van der Waals surface area contributed by atoms with Gasteiger partial charge in [0.2, 0.25) is 0 Å². The first-order valence-corrected chi connectivity index (χ1v) is 12.5. The SMILES string of the molecule is CN(C)CCOCCC1CCC2C3CCc4cc(O)c(CN(C)C)cc4C3CCC12C. The number of fused-ring (bicyclic) bond motifs is 5. The minimum absolute atomic E-state index is 0.488. The number of likely N-dealkylation sites (N-methyl/N-ethyl adjacent to an activating group) is 1. The molecule has 0 saturated heterocycles. The third-order valence-corrected chi connectivity index (χ3v) is 8.90. The molecule has 174 valence electrons. The second-order valence-electron chi connectivity index (χ2n) is 11.4. The normalized spacial score (nSPS) is 32.2. The van der Waals surface area contributed by atoms with Gasteiger partial charge in [0.1, 0.15) is 5.75 Å². The predicted molar refractivity (Wildman–Crippen MR) is 128 cm³/mol. The largest absolute Gasteiger partial charge is 0.508 e. The minimum Gasteiger partial charge on any atom is -0.508 e. The van der Waals surface area contributed by atoms with Gasteiger partial charge in [0, 0.05) is 25.3 Å². The molecule has 0 radical (unpaired) electrons. The molecule has 0 amide bonds. The highest BCUT2D eigenvalue weighted by atomic mass is 16.5. The van der Waals surface area contributed by atoms with Crippen LogP contribution in [0.1, 0.15) is 68.1 Å². The zero-order valence-corrected chi connectivity index (χ0v) is 20.5. The number of phenols is 1. The number of aromatic hydroxyl groups is 1. The van der Waals surface area contributed by atoms with E-state index in [-0.39, 0.29) is 0 Å². The Morgan fingerprint density at radius 2 is 1.84 bits per heavy atom. The lowest BCUT2D eigenvalue weighted by atomic mass is 9.54. The molecule has 4 rings (SSSR count). The fourth-order valence-electron chi connectivity index (χ4n) is 7.28. The van der Waals surface area contributed by atoms with Gasteiger partial charge in [-0.15, -0.1) is 0 Å². The summed E-state index contributed by atoms with van der Waals surface area (Å²) in [5.41, 5.74) is 4.56. The van der Waals surface area contributed by atoms with Crippen molar-refractivity contribution in [1.82, 2.24) is 9.80 Å². The van der Waals surface area contributed by atoms with Crippen LogP contribution >= 0.6 is 0 Å². The van der Waals surface area contributed by atoms with E-state index in [0.29, 0.717) is 17.1 Å². The van der Waals surface area contributed by atoms with Crippen LogP contribution in [0.4, 0.5) is 0 Å². The molecule has 4 nitrogen and oxygen atoms in total. The summed E-state index contributed by atoms with van der Waals surface area (Å²) in [7, 11) is 8.38. The van der Waals surface area contributed by atoms with Crippen LogP contribution < -0.4 is 0 Å². The smallest absolute Gasteiger partial charge is 0.120 e. The average Bonchev–Trinajstić information content (AvgIpc) is 3.04. The third kappa shape index (κ3) is 4.67. The van der Waals surface area contributed by atoms with Crippen LogP contribution in [0.25, 0.3) is 0 Å². The molecule has 0 spiro atoms. The number of nitrogens with zero attached hydrogens (tertiary/aromatic N) is 2. The summed E-state index contributed by atoms with van der Waals surface area (Å²) in [6.07, 6.45) is 9.12. The van der Waals surface area contributed by atoms with Crippen LogP contribution in [0.3, 0.4) is 0 Å². The fraction of sp³-hybridized carbons (Fsp3) is 0.778. The first kappa shape index (κ1) is 23.1. The van der Waals surface area contributed by atoms with Gasteiger partial charge in [0.25, 0.3) is 0 Å². The first-order chi connectivity index (χ1) is 14.8. The Hall–Kier alpha value is -1.10. The van der Waals surface area contributed by atoms with E-state index in [0.717, 1.165) is 56.0 Å². The summed E-state index contributed by atoms with van der Waals surface area (Å²) >= 11 is 0.